The number of esters is 1. The first-order valence-corrected chi connectivity index (χ1v) is 13.7. The summed E-state index contributed by atoms with van der Waals surface area (Å²) in [4.78, 5) is 44.8. The number of para-hydroxylation sites is 1. The molecule has 3 aliphatic rings. The van der Waals surface area contributed by atoms with Crippen molar-refractivity contribution in [2.45, 2.75) is 63.2 Å². The van der Waals surface area contributed by atoms with Crippen molar-refractivity contribution in [3.05, 3.63) is 54.1 Å². The van der Waals surface area contributed by atoms with Gasteiger partial charge in [0.25, 0.3) is 5.91 Å². The van der Waals surface area contributed by atoms with Crippen molar-refractivity contribution in [2.75, 3.05) is 31.2 Å². The summed E-state index contributed by atoms with van der Waals surface area (Å²) in [6.45, 7) is 10.0. The van der Waals surface area contributed by atoms with Crippen molar-refractivity contribution in [1.82, 2.24) is 4.90 Å². The van der Waals surface area contributed by atoms with Gasteiger partial charge in [-0.1, -0.05) is 55.3 Å². The van der Waals surface area contributed by atoms with Crippen LogP contribution in [-0.4, -0.2) is 71.8 Å². The highest BCUT2D eigenvalue weighted by Crippen LogP contribution is 2.59. The van der Waals surface area contributed by atoms with Gasteiger partial charge in [-0.15, -0.1) is 6.58 Å². The number of hydrogen-bond donors (Lipinski definition) is 1. The van der Waals surface area contributed by atoms with Gasteiger partial charge in [0.15, 0.2) is 0 Å². The number of fused-ring (bicyclic) bond motifs is 1. The topological polar surface area (TPSA) is 96.4 Å². The summed E-state index contributed by atoms with van der Waals surface area (Å²) in [7, 11) is 0. The van der Waals surface area contributed by atoms with Crippen LogP contribution in [0.25, 0.3) is 0 Å². The predicted octanol–water partition coefficient (Wildman–Crippen LogP) is 3.82. The number of ether oxygens (including phenoxy) is 2. The molecule has 0 saturated carbocycles. The van der Waals surface area contributed by atoms with Gasteiger partial charge in [0.05, 0.1) is 28.6 Å². The molecular weight excluding hydrogens is 508 g/mol. The lowest BCUT2D eigenvalue weighted by Crippen LogP contribution is -2.56. The van der Waals surface area contributed by atoms with Crippen LogP contribution < -0.4 is 4.90 Å². The number of aryl methyl sites for hydroxylation is 1. The quantitative estimate of drug-likeness (QED) is 0.230. The highest BCUT2D eigenvalue weighted by molar-refractivity contribution is 6.34. The Bertz CT molecular complexity index is 1070. The third kappa shape index (κ3) is 4.90. The van der Waals surface area contributed by atoms with Gasteiger partial charge in [-0.25, -0.2) is 0 Å². The maximum atomic E-state index is 14.5. The number of aliphatic hydroxyl groups excluding tert-OH is 1. The molecule has 0 aliphatic carbocycles. The maximum absolute atomic E-state index is 14.5. The van der Waals surface area contributed by atoms with Crippen LogP contribution in [0.1, 0.15) is 44.1 Å². The number of rotatable bonds is 13. The second-order valence-corrected chi connectivity index (χ2v) is 10.7. The van der Waals surface area contributed by atoms with Crippen LogP contribution in [0.15, 0.2) is 43.5 Å². The summed E-state index contributed by atoms with van der Waals surface area (Å²) in [6, 6.07) is 4.53. The number of likely N-dealkylation sites (tertiary alicyclic amines) is 1. The first-order chi connectivity index (χ1) is 18.3. The van der Waals surface area contributed by atoms with Crippen molar-refractivity contribution in [2.24, 2.45) is 11.8 Å². The number of halogens is 1. The largest absolute Gasteiger partial charge is 0.461 e. The fraction of sp³-hybridized carbons (Fsp3) is 0.552. The second kappa shape index (κ2) is 12.0. The molecule has 0 aromatic heterocycles. The molecule has 3 aliphatic heterocycles. The average Bonchev–Trinajstić information content (AvgIpc) is 3.53. The minimum atomic E-state index is -1.11. The van der Waals surface area contributed by atoms with E-state index in [0.29, 0.717) is 42.9 Å². The summed E-state index contributed by atoms with van der Waals surface area (Å²) in [6.07, 6.45) is 6.69. The molecule has 3 fully saturated rings. The molecule has 3 heterocycles. The molecule has 4 rings (SSSR count). The third-order valence-corrected chi connectivity index (χ3v) is 8.30. The van der Waals surface area contributed by atoms with Crippen LogP contribution in [0.5, 0.6) is 0 Å². The number of anilines is 1. The first-order valence-electron chi connectivity index (χ1n) is 13.4. The van der Waals surface area contributed by atoms with E-state index < -0.39 is 35.6 Å². The highest BCUT2D eigenvalue weighted by atomic mass is 35.5. The number of benzene rings is 1. The predicted molar refractivity (Wildman–Crippen MR) is 145 cm³/mol. The Morgan fingerprint density at radius 2 is 2.03 bits per heavy atom. The number of nitrogens with zero attached hydrogens (tertiary/aromatic N) is 2. The van der Waals surface area contributed by atoms with Gasteiger partial charge in [0, 0.05) is 19.7 Å². The average molecular weight is 545 g/mol. The molecule has 0 radical (unpaired) electrons. The number of carbonyl (C=O) groups excluding carboxylic acids is 3. The molecule has 2 amide bonds. The van der Waals surface area contributed by atoms with E-state index >= 15 is 0 Å². The SMILES string of the molecule is C=CCOC(=O)[C@@H]1[C@@H]2CCC3(O2)C(C(=O)N(CC=C)c2c(C)cccc2Cl)N(CCCCCCO)C(=O)[C@H]13. The van der Waals surface area contributed by atoms with E-state index in [2.05, 4.69) is 13.2 Å². The van der Waals surface area contributed by atoms with E-state index in [0.717, 1.165) is 18.4 Å². The van der Waals surface area contributed by atoms with Gasteiger partial charge in [0.1, 0.15) is 18.2 Å². The lowest BCUT2D eigenvalue weighted by atomic mass is 9.70. The van der Waals surface area contributed by atoms with Gasteiger partial charge in [0.2, 0.25) is 5.91 Å². The van der Waals surface area contributed by atoms with Crippen molar-refractivity contribution in [1.29, 1.82) is 0 Å². The molecule has 206 valence electrons. The lowest BCUT2D eigenvalue weighted by molar-refractivity contribution is -0.154. The fourth-order valence-corrected chi connectivity index (χ4v) is 6.78. The Morgan fingerprint density at radius 1 is 1.26 bits per heavy atom. The van der Waals surface area contributed by atoms with Crippen LogP contribution >= 0.6 is 11.6 Å². The zero-order valence-corrected chi connectivity index (χ0v) is 22.7. The summed E-state index contributed by atoms with van der Waals surface area (Å²) < 4.78 is 11.8. The normalized spacial score (nSPS) is 27.3. The van der Waals surface area contributed by atoms with Gasteiger partial charge in [-0.2, -0.15) is 0 Å². The number of aliphatic hydroxyl groups is 1. The van der Waals surface area contributed by atoms with Gasteiger partial charge in [-0.3, -0.25) is 14.4 Å². The van der Waals surface area contributed by atoms with E-state index in [1.54, 1.807) is 21.9 Å². The van der Waals surface area contributed by atoms with Gasteiger partial charge in [-0.05, 0) is 44.2 Å². The highest BCUT2D eigenvalue weighted by Gasteiger charge is 2.75. The molecule has 5 atom stereocenters. The van der Waals surface area contributed by atoms with Crippen LogP contribution in [0.4, 0.5) is 5.69 Å². The van der Waals surface area contributed by atoms with Crippen LogP contribution in [-0.2, 0) is 23.9 Å². The number of hydrogen-bond acceptors (Lipinski definition) is 6. The van der Waals surface area contributed by atoms with E-state index in [-0.39, 0.29) is 31.6 Å². The van der Waals surface area contributed by atoms with E-state index in [1.807, 2.05) is 19.1 Å². The summed E-state index contributed by atoms with van der Waals surface area (Å²) in [5.74, 6) is -2.59. The molecule has 38 heavy (non-hydrogen) atoms. The Balaban J connectivity index is 1.73. The monoisotopic (exact) mass is 544 g/mol. The molecule has 2 bridgehead atoms. The Hall–Kier alpha value is -2.68. The lowest BCUT2D eigenvalue weighted by Gasteiger charge is -2.37. The van der Waals surface area contributed by atoms with Crippen molar-refractivity contribution in [3.8, 4) is 0 Å². The molecule has 8 nitrogen and oxygen atoms in total. The molecule has 1 aromatic carbocycles. The minimum absolute atomic E-state index is 0.0474. The molecule has 1 aromatic rings. The van der Waals surface area contributed by atoms with Crippen LogP contribution in [0.3, 0.4) is 0 Å². The molecule has 1 spiro atoms. The second-order valence-electron chi connectivity index (χ2n) is 10.3. The third-order valence-electron chi connectivity index (χ3n) is 7.99. The van der Waals surface area contributed by atoms with E-state index in [4.69, 9.17) is 26.2 Å². The zero-order valence-electron chi connectivity index (χ0n) is 21.9. The molecule has 1 N–H and O–H groups in total. The summed E-state index contributed by atoms with van der Waals surface area (Å²) in [5.41, 5.74) is 0.281. The van der Waals surface area contributed by atoms with Gasteiger partial charge >= 0.3 is 5.97 Å². The van der Waals surface area contributed by atoms with Crippen molar-refractivity contribution >= 4 is 35.1 Å². The first kappa shape index (κ1) is 28.3. The molecule has 9 heteroatoms. The summed E-state index contributed by atoms with van der Waals surface area (Å²) in [5, 5.41) is 9.55. The van der Waals surface area contributed by atoms with E-state index in [1.165, 1.54) is 6.08 Å². The van der Waals surface area contributed by atoms with E-state index in [9.17, 15) is 14.4 Å². The van der Waals surface area contributed by atoms with Gasteiger partial charge < -0.3 is 24.4 Å². The Kier molecular flexibility index (Phi) is 8.96. The van der Waals surface area contributed by atoms with Crippen molar-refractivity contribution < 1.29 is 29.0 Å². The fourth-order valence-electron chi connectivity index (χ4n) is 6.46. The molecule has 2 unspecified atom stereocenters. The minimum Gasteiger partial charge on any atom is -0.461 e. The standard InChI is InChI=1S/C29H37ClN2O6/c1-4-15-31(24-19(3)11-10-12-20(24)30)27(35)25-29-14-13-21(38-29)22(28(36)37-18-5-2)23(29)26(34)32(25)16-8-6-7-9-17-33/h4-5,10-12,21-23,25,33H,1-2,6-9,13-18H2,3H3/t21-,22+,23-,25?,29?/m0/s1. The van der Waals surface area contributed by atoms with Crippen molar-refractivity contribution in [3.63, 3.8) is 0 Å². The Morgan fingerprint density at radius 3 is 2.71 bits per heavy atom. The smallest absolute Gasteiger partial charge is 0.312 e. The van der Waals surface area contributed by atoms with Crippen LogP contribution in [0.2, 0.25) is 5.02 Å². The number of amides is 2. The number of carbonyl (C=O) groups is 3. The molecule has 3 saturated heterocycles. The Labute approximate surface area is 229 Å². The zero-order chi connectivity index (χ0) is 27.4. The molecular formula is C29H37ClN2O6. The maximum Gasteiger partial charge on any atom is 0.312 e. The summed E-state index contributed by atoms with van der Waals surface area (Å²) >= 11 is 6.58. The van der Waals surface area contributed by atoms with Crippen LogP contribution in [0, 0.1) is 18.8 Å². The number of unbranched alkanes of at least 4 members (excludes halogenated alkanes) is 3.